The van der Waals surface area contributed by atoms with E-state index in [9.17, 15) is 9.59 Å². The predicted octanol–water partition coefficient (Wildman–Crippen LogP) is 3.04. The third-order valence-electron chi connectivity index (χ3n) is 4.93. The van der Waals surface area contributed by atoms with E-state index in [0.717, 1.165) is 56.7 Å². The van der Waals surface area contributed by atoms with Crippen LogP contribution in [0.15, 0.2) is 16.5 Å². The number of likely N-dealkylation sites (tertiary alicyclic amines) is 2. The molecule has 0 spiro atoms. The van der Waals surface area contributed by atoms with Gasteiger partial charge in [0.2, 0.25) is 11.8 Å². The number of hydrogen-bond donors (Lipinski definition) is 0. The van der Waals surface area contributed by atoms with Gasteiger partial charge in [-0.25, -0.2) is 0 Å². The number of carbonyl (C=O) groups is 2. The maximum absolute atomic E-state index is 12.8. The second kappa shape index (κ2) is 7.20. The van der Waals surface area contributed by atoms with Gasteiger partial charge in [0.15, 0.2) is 0 Å². The predicted molar refractivity (Wildman–Crippen MR) is 86.8 cm³/mol. The molecule has 2 saturated heterocycles. The van der Waals surface area contributed by atoms with Gasteiger partial charge in [-0.3, -0.25) is 9.59 Å². The van der Waals surface area contributed by atoms with E-state index in [1.807, 2.05) is 28.9 Å². The lowest BCUT2D eigenvalue weighted by Crippen LogP contribution is -2.37. The molecule has 1 aromatic rings. The number of aryl methyl sites for hydroxylation is 1. The van der Waals surface area contributed by atoms with Crippen LogP contribution in [0.4, 0.5) is 0 Å². The Bertz CT molecular complexity index is 566. The lowest BCUT2D eigenvalue weighted by Gasteiger charge is -2.29. The van der Waals surface area contributed by atoms with Gasteiger partial charge in [-0.1, -0.05) is 12.8 Å². The van der Waals surface area contributed by atoms with Crippen molar-refractivity contribution < 1.29 is 14.0 Å². The van der Waals surface area contributed by atoms with Gasteiger partial charge in [-0.2, -0.15) is 0 Å². The van der Waals surface area contributed by atoms with Crippen molar-refractivity contribution in [3.05, 3.63) is 23.7 Å². The van der Waals surface area contributed by atoms with E-state index in [0.29, 0.717) is 19.4 Å². The highest BCUT2D eigenvalue weighted by Gasteiger charge is 2.29. The zero-order valence-electron chi connectivity index (χ0n) is 13.9. The second-order valence-corrected chi connectivity index (χ2v) is 6.64. The van der Waals surface area contributed by atoms with Crippen LogP contribution < -0.4 is 0 Å². The second-order valence-electron chi connectivity index (χ2n) is 6.64. The van der Waals surface area contributed by atoms with E-state index >= 15 is 0 Å². The fraction of sp³-hybridized carbons (Fsp3) is 0.667. The molecule has 0 radical (unpaired) electrons. The van der Waals surface area contributed by atoms with E-state index in [4.69, 9.17) is 4.42 Å². The molecule has 1 aromatic heterocycles. The molecule has 0 saturated carbocycles. The first-order valence-corrected chi connectivity index (χ1v) is 8.79. The molecular formula is C18H26N2O3. The van der Waals surface area contributed by atoms with Crippen LogP contribution in [-0.2, 0) is 9.59 Å². The molecule has 0 aromatic carbocycles. The number of furan rings is 1. The zero-order valence-corrected chi connectivity index (χ0v) is 13.9. The molecule has 0 N–H and O–H groups in total. The smallest absolute Gasteiger partial charge is 0.224 e. The van der Waals surface area contributed by atoms with Gasteiger partial charge in [-0.05, 0) is 38.3 Å². The van der Waals surface area contributed by atoms with Crippen molar-refractivity contribution in [2.24, 2.45) is 0 Å². The lowest BCUT2D eigenvalue weighted by molar-refractivity contribution is -0.135. The van der Waals surface area contributed by atoms with Crippen LogP contribution in [-0.4, -0.2) is 41.2 Å². The van der Waals surface area contributed by atoms with E-state index in [1.54, 1.807) is 0 Å². The highest BCUT2D eigenvalue weighted by molar-refractivity contribution is 5.80. The van der Waals surface area contributed by atoms with Crippen LogP contribution in [0, 0.1) is 6.92 Å². The van der Waals surface area contributed by atoms with Crippen molar-refractivity contribution in [2.75, 3.05) is 19.6 Å². The van der Waals surface area contributed by atoms with Crippen LogP contribution >= 0.6 is 0 Å². The number of amides is 2. The fourth-order valence-corrected chi connectivity index (χ4v) is 3.65. The van der Waals surface area contributed by atoms with Crippen molar-refractivity contribution >= 4 is 11.8 Å². The molecule has 0 bridgehead atoms. The molecule has 2 amide bonds. The molecule has 2 aliphatic heterocycles. The Morgan fingerprint density at radius 1 is 1.22 bits per heavy atom. The van der Waals surface area contributed by atoms with E-state index in [1.165, 1.54) is 0 Å². The van der Waals surface area contributed by atoms with Gasteiger partial charge in [-0.15, -0.1) is 0 Å². The normalized spacial score (nSPS) is 22.5. The molecule has 0 aliphatic carbocycles. The Hall–Kier alpha value is -1.78. The summed E-state index contributed by atoms with van der Waals surface area (Å²) in [7, 11) is 0. The first-order chi connectivity index (χ1) is 11.1. The Labute approximate surface area is 137 Å². The first-order valence-electron chi connectivity index (χ1n) is 8.79. The van der Waals surface area contributed by atoms with Crippen molar-refractivity contribution in [3.63, 3.8) is 0 Å². The minimum absolute atomic E-state index is 0.0491. The van der Waals surface area contributed by atoms with Crippen molar-refractivity contribution in [3.8, 4) is 0 Å². The third-order valence-corrected chi connectivity index (χ3v) is 4.93. The molecule has 1 unspecified atom stereocenters. The zero-order chi connectivity index (χ0) is 16.2. The van der Waals surface area contributed by atoms with Gasteiger partial charge in [0.1, 0.15) is 11.5 Å². The minimum Gasteiger partial charge on any atom is -0.464 e. The van der Waals surface area contributed by atoms with E-state index in [-0.39, 0.29) is 17.9 Å². The standard InChI is InChI=1S/C18H26N2O3/c1-14-8-9-16(23-14)15-6-3-2-4-12-20(15)18(22)10-13-19-11-5-7-17(19)21/h8-9,15H,2-7,10-13H2,1H3. The summed E-state index contributed by atoms with van der Waals surface area (Å²) in [6.45, 7) is 4.08. The van der Waals surface area contributed by atoms with Crippen LogP contribution in [0.3, 0.4) is 0 Å². The largest absolute Gasteiger partial charge is 0.464 e. The SMILES string of the molecule is Cc1ccc(C2CCCCCN2C(=O)CCN2CCCC2=O)o1. The summed E-state index contributed by atoms with van der Waals surface area (Å²) in [5, 5.41) is 0. The monoisotopic (exact) mass is 318 g/mol. The van der Waals surface area contributed by atoms with Gasteiger partial charge < -0.3 is 14.2 Å². The maximum atomic E-state index is 12.8. The molecule has 5 nitrogen and oxygen atoms in total. The van der Waals surface area contributed by atoms with Gasteiger partial charge in [0.05, 0.1) is 6.04 Å². The molecule has 2 aliphatic rings. The van der Waals surface area contributed by atoms with Gasteiger partial charge in [0, 0.05) is 32.5 Å². The molecule has 3 rings (SSSR count). The van der Waals surface area contributed by atoms with Crippen molar-refractivity contribution in [1.29, 1.82) is 0 Å². The quantitative estimate of drug-likeness (QED) is 0.857. The van der Waals surface area contributed by atoms with E-state index < -0.39 is 0 Å². The number of nitrogens with zero attached hydrogens (tertiary/aromatic N) is 2. The summed E-state index contributed by atoms with van der Waals surface area (Å²) >= 11 is 0. The van der Waals surface area contributed by atoms with Crippen LogP contribution in [0.5, 0.6) is 0 Å². The molecule has 23 heavy (non-hydrogen) atoms. The lowest BCUT2D eigenvalue weighted by atomic mass is 10.1. The molecule has 126 valence electrons. The Morgan fingerprint density at radius 2 is 2.09 bits per heavy atom. The number of rotatable bonds is 4. The molecule has 2 fully saturated rings. The van der Waals surface area contributed by atoms with Crippen LogP contribution in [0.1, 0.15) is 62.5 Å². The maximum Gasteiger partial charge on any atom is 0.224 e. The molecular weight excluding hydrogens is 292 g/mol. The number of carbonyl (C=O) groups excluding carboxylic acids is 2. The average molecular weight is 318 g/mol. The summed E-state index contributed by atoms with van der Waals surface area (Å²) in [4.78, 5) is 28.2. The number of hydrogen-bond acceptors (Lipinski definition) is 3. The average Bonchev–Trinajstić information content (AvgIpc) is 3.06. The fourth-order valence-electron chi connectivity index (χ4n) is 3.65. The molecule has 1 atom stereocenters. The van der Waals surface area contributed by atoms with Crippen LogP contribution in [0.25, 0.3) is 0 Å². The summed E-state index contributed by atoms with van der Waals surface area (Å²) in [5.74, 6) is 2.12. The van der Waals surface area contributed by atoms with Gasteiger partial charge >= 0.3 is 0 Å². The van der Waals surface area contributed by atoms with E-state index in [2.05, 4.69) is 0 Å². The summed E-state index contributed by atoms with van der Waals surface area (Å²) < 4.78 is 5.80. The summed E-state index contributed by atoms with van der Waals surface area (Å²) in [5.41, 5.74) is 0. The highest BCUT2D eigenvalue weighted by atomic mass is 16.3. The molecule has 5 heteroatoms. The van der Waals surface area contributed by atoms with Crippen molar-refractivity contribution in [1.82, 2.24) is 9.80 Å². The summed E-state index contributed by atoms with van der Waals surface area (Å²) in [6, 6.07) is 4.01. The highest BCUT2D eigenvalue weighted by Crippen LogP contribution is 2.31. The summed E-state index contributed by atoms with van der Waals surface area (Å²) in [6.07, 6.45) is 6.26. The van der Waals surface area contributed by atoms with Crippen molar-refractivity contribution in [2.45, 2.75) is 57.9 Å². The Morgan fingerprint density at radius 3 is 2.78 bits per heavy atom. The minimum atomic E-state index is 0.0491. The Kier molecular flexibility index (Phi) is 5.03. The first kappa shape index (κ1) is 16.1. The van der Waals surface area contributed by atoms with Crippen LogP contribution in [0.2, 0.25) is 0 Å². The topological polar surface area (TPSA) is 53.8 Å². The molecule has 3 heterocycles. The van der Waals surface area contributed by atoms with Gasteiger partial charge in [0.25, 0.3) is 0 Å². The third kappa shape index (κ3) is 3.77. The Balaban J connectivity index is 1.66.